The maximum Gasteiger partial charge on any atom is 0.416 e. The summed E-state index contributed by atoms with van der Waals surface area (Å²) >= 11 is 0. The molecule has 1 N–H and O–H groups in total. The number of alkyl halides is 3. The van der Waals surface area contributed by atoms with Crippen LogP contribution in [0.15, 0.2) is 28.9 Å². The summed E-state index contributed by atoms with van der Waals surface area (Å²) < 4.78 is 41.4. The average molecular weight is 429 g/mol. The summed E-state index contributed by atoms with van der Waals surface area (Å²) in [5, 5.41) is 9.41. The molecule has 0 saturated heterocycles. The van der Waals surface area contributed by atoms with Crippen LogP contribution in [0.2, 0.25) is 0 Å². The smallest absolute Gasteiger partial charge is 0.416 e. The van der Waals surface area contributed by atoms with Crippen LogP contribution in [0.25, 0.3) is 11.0 Å². The Morgan fingerprint density at radius 2 is 1.87 bits per heavy atom. The van der Waals surface area contributed by atoms with E-state index in [4.69, 9.17) is 9.52 Å². The molecule has 1 heterocycles. The molecule has 2 nitrogen and oxygen atoms in total. The fourth-order valence-corrected chi connectivity index (χ4v) is 1.19. The Balaban J connectivity index is 0.00000112. The minimum absolute atomic E-state index is 0. The number of furan rings is 1. The van der Waals surface area contributed by atoms with Gasteiger partial charge in [-0.05, 0) is 18.2 Å². The number of hydrogen-bond donors (Lipinski definition) is 1. The van der Waals surface area contributed by atoms with Gasteiger partial charge in [-0.25, -0.2) is 0 Å². The normalized spacial score (nSPS) is 11.4. The average Bonchev–Trinajstić information content (AvgIpc) is 2.46. The van der Waals surface area contributed by atoms with Crippen LogP contribution in [-0.4, -0.2) is 5.11 Å². The molecule has 0 aliphatic carbocycles. The fraction of sp³-hybridized carbons (Fsp3) is 0.111. The van der Waals surface area contributed by atoms with Gasteiger partial charge in [0.1, 0.15) is 11.8 Å². The first kappa shape index (κ1) is 12.9. The van der Waals surface area contributed by atoms with Crippen molar-refractivity contribution in [3.8, 4) is 5.75 Å². The van der Waals surface area contributed by atoms with Gasteiger partial charge in [-0.3, -0.25) is 0 Å². The number of fused-ring (bicyclic) bond motifs is 1. The van der Waals surface area contributed by atoms with Gasteiger partial charge >= 0.3 is 6.18 Å². The van der Waals surface area contributed by atoms with Crippen molar-refractivity contribution in [2.45, 2.75) is 6.18 Å². The van der Waals surface area contributed by atoms with Crippen LogP contribution in [0.3, 0.4) is 0 Å². The van der Waals surface area contributed by atoms with Crippen molar-refractivity contribution in [3.63, 3.8) is 0 Å². The van der Waals surface area contributed by atoms with Gasteiger partial charge in [-0.1, -0.05) is 0 Å². The summed E-state index contributed by atoms with van der Waals surface area (Å²) in [7, 11) is 0. The van der Waals surface area contributed by atoms with Crippen molar-refractivity contribution >= 4 is 11.0 Å². The molecular weight excluding hydrogens is 424 g/mol. The van der Waals surface area contributed by atoms with E-state index in [-0.39, 0.29) is 60.8 Å². The molecule has 6 heteroatoms. The van der Waals surface area contributed by atoms with Crippen LogP contribution >= 0.6 is 0 Å². The Bertz CT molecular complexity index is 476. The third-order valence-corrected chi connectivity index (χ3v) is 1.88. The van der Waals surface area contributed by atoms with Gasteiger partial charge in [-0.15, -0.1) is 0 Å². The Morgan fingerprint density at radius 3 is 2.47 bits per heavy atom. The molecule has 1 radical (unpaired) electrons. The Hall–Kier alpha value is -0.208. The Kier molecular flexibility index (Phi) is 3.72. The molecule has 2 aromatic rings. The zero-order valence-electron chi connectivity index (χ0n) is 7.38. The first-order valence-electron chi connectivity index (χ1n) is 3.76. The van der Waals surface area contributed by atoms with E-state index >= 15 is 0 Å². The molecule has 2 rings (SSSR count). The molecule has 1 aromatic carbocycles. The predicted molar refractivity (Wildman–Crippen MR) is 42.9 cm³/mol. The van der Waals surface area contributed by atoms with E-state index in [9.17, 15) is 13.2 Å². The second kappa shape index (κ2) is 4.34. The number of rotatable bonds is 0. The molecule has 0 spiro atoms. The van der Waals surface area contributed by atoms with Crippen LogP contribution in [-0.2, 0) is 6.18 Å². The number of hydrogen-bond acceptors (Lipinski definition) is 2. The van der Waals surface area contributed by atoms with E-state index in [0.29, 0.717) is 0 Å². The summed E-state index contributed by atoms with van der Waals surface area (Å²) in [6.07, 6.45) is -3.39. The van der Waals surface area contributed by atoms with Gasteiger partial charge < -0.3 is 9.52 Å². The quantitative estimate of drug-likeness (QED) is 0.699. The summed E-state index contributed by atoms with van der Waals surface area (Å²) in [5.74, 6) is -0.159. The van der Waals surface area contributed by atoms with E-state index in [0.717, 1.165) is 18.4 Å². The van der Waals surface area contributed by atoms with Gasteiger partial charge in [0.2, 0.25) is 0 Å². The molecule has 15 heavy (non-hydrogen) atoms. The monoisotopic (exact) mass is 429 g/mol. The first-order valence-corrected chi connectivity index (χ1v) is 3.76. The Labute approximate surface area is 119 Å². The summed E-state index contributed by atoms with van der Waals surface area (Å²) in [4.78, 5) is 0. The van der Waals surface area contributed by atoms with Crippen LogP contribution < -0.4 is 0 Å². The minimum atomic E-state index is -4.39. The molecule has 0 amide bonds. The van der Waals surface area contributed by atoms with Crippen molar-refractivity contribution < 1.29 is 66.8 Å². The second-order valence-electron chi connectivity index (χ2n) is 2.83. The van der Waals surface area contributed by atoms with Crippen LogP contribution in [0, 0.1) is 44.1 Å². The maximum absolute atomic E-state index is 12.2. The molecule has 0 bridgehead atoms. The molecule has 77 valence electrons. The minimum Gasteiger partial charge on any atom is -0.504 e. The van der Waals surface area contributed by atoms with Crippen molar-refractivity contribution in [1.29, 1.82) is 0 Å². The summed E-state index contributed by atoms with van der Waals surface area (Å²) in [6, 6.07) is 2.93. The van der Waals surface area contributed by atoms with Gasteiger partial charge in [0.25, 0.3) is 0 Å². The van der Waals surface area contributed by atoms with Crippen LogP contribution in [0.1, 0.15) is 5.56 Å². The third kappa shape index (κ3) is 2.48. The molecular formula is C9H5AcF3O2. The van der Waals surface area contributed by atoms with Crippen molar-refractivity contribution in [1.82, 2.24) is 0 Å². The van der Waals surface area contributed by atoms with Crippen molar-refractivity contribution in [2.75, 3.05) is 0 Å². The van der Waals surface area contributed by atoms with Crippen LogP contribution in [0.4, 0.5) is 13.2 Å². The van der Waals surface area contributed by atoms with Gasteiger partial charge in [0, 0.05) is 44.1 Å². The molecule has 0 fully saturated rings. The van der Waals surface area contributed by atoms with E-state index in [1.54, 1.807) is 0 Å². The molecule has 0 aliphatic rings. The standard InChI is InChI=1S/C9H5F3O2.Ac/c10-9(11,12)5-1-2-6-7(13)4-14-8(6)3-5;/h1-4,13H;. The van der Waals surface area contributed by atoms with E-state index in [2.05, 4.69) is 0 Å². The largest absolute Gasteiger partial charge is 0.504 e. The predicted octanol–water partition coefficient (Wildman–Crippen LogP) is 3.16. The van der Waals surface area contributed by atoms with Gasteiger partial charge in [-0.2, -0.15) is 13.2 Å². The zero-order valence-corrected chi connectivity index (χ0v) is 12.1. The van der Waals surface area contributed by atoms with Crippen molar-refractivity contribution in [3.05, 3.63) is 30.0 Å². The fourth-order valence-electron chi connectivity index (χ4n) is 1.19. The van der Waals surface area contributed by atoms with Gasteiger partial charge in [0.05, 0.1) is 10.9 Å². The van der Waals surface area contributed by atoms with E-state index < -0.39 is 11.7 Å². The Morgan fingerprint density at radius 1 is 1.20 bits per heavy atom. The summed E-state index contributed by atoms with van der Waals surface area (Å²) in [5.41, 5.74) is -0.767. The SMILES string of the molecule is Oc1coc2cc(C(F)(F)F)ccc12.[Ac]. The molecule has 0 atom stereocenters. The maximum atomic E-state index is 12.2. The molecule has 1 aromatic heterocycles. The molecule has 0 unspecified atom stereocenters. The van der Waals surface area contributed by atoms with Crippen molar-refractivity contribution in [2.24, 2.45) is 0 Å². The number of aromatic hydroxyl groups is 1. The number of benzene rings is 1. The first-order chi connectivity index (χ1) is 6.48. The van der Waals surface area contributed by atoms with E-state index in [1.807, 2.05) is 0 Å². The van der Waals surface area contributed by atoms with Crippen LogP contribution in [0.5, 0.6) is 5.75 Å². The third-order valence-electron chi connectivity index (χ3n) is 1.88. The molecule has 0 saturated carbocycles. The van der Waals surface area contributed by atoms with E-state index in [1.165, 1.54) is 6.07 Å². The summed E-state index contributed by atoms with van der Waals surface area (Å²) in [6.45, 7) is 0. The number of halogens is 3. The second-order valence-corrected chi connectivity index (χ2v) is 2.83. The molecule has 0 aliphatic heterocycles. The zero-order chi connectivity index (χ0) is 10.3. The topological polar surface area (TPSA) is 33.4 Å². The van der Waals surface area contributed by atoms with Gasteiger partial charge in [0.15, 0.2) is 5.75 Å².